The fraction of sp³-hybridized carbons (Fsp3) is 0.850. The molecule has 146 valence electrons. The van der Waals surface area contributed by atoms with Crippen LogP contribution in [0.1, 0.15) is 84.0 Å². The number of hydrogen-bond acceptors (Lipinski definition) is 5. The summed E-state index contributed by atoms with van der Waals surface area (Å²) in [7, 11) is 0. The third kappa shape index (κ3) is 11.3. The Kier molecular flexibility index (Phi) is 11.8. The van der Waals surface area contributed by atoms with Crippen molar-refractivity contribution in [2.45, 2.75) is 108 Å². The molecule has 4 atom stereocenters. The molecule has 0 aromatic carbocycles. The van der Waals surface area contributed by atoms with E-state index in [0.717, 1.165) is 12.8 Å². The van der Waals surface area contributed by atoms with Crippen molar-refractivity contribution in [2.24, 2.45) is 0 Å². The Morgan fingerprint density at radius 3 is 2.32 bits per heavy atom. The number of hydrogen-bond donors (Lipinski definition) is 3. The Hall–Kier alpha value is -0.910. The summed E-state index contributed by atoms with van der Waals surface area (Å²) in [5.74, 6) is -0.380. The molecule has 0 fully saturated rings. The van der Waals surface area contributed by atoms with Gasteiger partial charge in [-0.05, 0) is 19.3 Å². The maximum absolute atomic E-state index is 11.1. The third-order valence-electron chi connectivity index (χ3n) is 4.70. The minimum absolute atomic E-state index is 0.200. The molecule has 0 bridgehead atoms. The van der Waals surface area contributed by atoms with Crippen LogP contribution in [0.3, 0.4) is 0 Å². The van der Waals surface area contributed by atoms with E-state index < -0.39 is 18.3 Å². The normalized spacial score (nSPS) is 21.0. The third-order valence-corrected chi connectivity index (χ3v) is 4.70. The van der Waals surface area contributed by atoms with Gasteiger partial charge in [0.2, 0.25) is 0 Å². The van der Waals surface area contributed by atoms with Crippen LogP contribution in [0.5, 0.6) is 0 Å². The van der Waals surface area contributed by atoms with Gasteiger partial charge in [0.1, 0.15) is 6.10 Å². The predicted octanol–water partition coefficient (Wildman–Crippen LogP) is 3.25. The Balaban J connectivity index is 2.06. The Bertz CT molecular complexity index is 382. The molecule has 0 radical (unpaired) electrons. The average Bonchev–Trinajstić information content (AvgIpc) is 2.53. The van der Waals surface area contributed by atoms with Crippen LogP contribution in [0, 0.1) is 0 Å². The van der Waals surface area contributed by atoms with Crippen LogP contribution in [0.4, 0.5) is 0 Å². The second kappa shape index (κ2) is 13.3. The molecule has 0 unspecified atom stereocenters. The van der Waals surface area contributed by atoms with Gasteiger partial charge in [0, 0.05) is 18.9 Å². The molecular formula is C20H36O5. The summed E-state index contributed by atoms with van der Waals surface area (Å²) in [5, 5.41) is 30.1. The van der Waals surface area contributed by atoms with Gasteiger partial charge in [0.05, 0.1) is 18.3 Å². The van der Waals surface area contributed by atoms with Crippen LogP contribution in [0.15, 0.2) is 12.2 Å². The maximum Gasteiger partial charge on any atom is 0.330 e. The van der Waals surface area contributed by atoms with Crippen LogP contribution >= 0.6 is 0 Å². The zero-order valence-electron chi connectivity index (χ0n) is 15.6. The van der Waals surface area contributed by atoms with Crippen molar-refractivity contribution in [2.75, 3.05) is 0 Å². The first-order chi connectivity index (χ1) is 12.0. The van der Waals surface area contributed by atoms with E-state index >= 15 is 0 Å². The minimum atomic E-state index is -0.732. The number of ether oxygens (including phenoxy) is 1. The molecule has 5 heteroatoms. The molecule has 1 aliphatic heterocycles. The summed E-state index contributed by atoms with van der Waals surface area (Å²) in [6.07, 6.45) is 11.4. The van der Waals surface area contributed by atoms with Crippen LogP contribution < -0.4 is 0 Å². The first-order valence-corrected chi connectivity index (χ1v) is 9.92. The van der Waals surface area contributed by atoms with Gasteiger partial charge in [-0.3, -0.25) is 0 Å². The highest BCUT2D eigenvalue weighted by atomic mass is 16.5. The van der Waals surface area contributed by atoms with Gasteiger partial charge >= 0.3 is 5.97 Å². The largest absolute Gasteiger partial charge is 0.459 e. The molecule has 1 rings (SSSR count). The molecule has 25 heavy (non-hydrogen) atoms. The van der Waals surface area contributed by atoms with Crippen LogP contribution in [0.25, 0.3) is 0 Å². The lowest BCUT2D eigenvalue weighted by atomic mass is 9.97. The zero-order valence-corrected chi connectivity index (χ0v) is 15.6. The van der Waals surface area contributed by atoms with E-state index in [4.69, 9.17) is 4.74 Å². The molecule has 0 saturated heterocycles. The molecule has 0 spiro atoms. The first-order valence-electron chi connectivity index (χ1n) is 9.92. The zero-order chi connectivity index (χ0) is 18.5. The molecule has 3 N–H and O–H groups in total. The fourth-order valence-electron chi connectivity index (χ4n) is 3.29. The molecule has 0 aliphatic carbocycles. The van der Waals surface area contributed by atoms with Gasteiger partial charge in [-0.1, -0.05) is 57.9 Å². The van der Waals surface area contributed by atoms with Gasteiger partial charge < -0.3 is 20.1 Å². The summed E-state index contributed by atoms with van der Waals surface area (Å²) in [4.78, 5) is 11.1. The average molecular weight is 357 g/mol. The van der Waals surface area contributed by atoms with Crippen molar-refractivity contribution in [1.82, 2.24) is 0 Å². The molecule has 0 amide bonds. The van der Waals surface area contributed by atoms with Gasteiger partial charge in [0.25, 0.3) is 0 Å². The van der Waals surface area contributed by atoms with Crippen molar-refractivity contribution in [3.63, 3.8) is 0 Å². The molecule has 0 aromatic rings. The van der Waals surface area contributed by atoms with Gasteiger partial charge in [-0.15, -0.1) is 0 Å². The number of carbonyl (C=O) groups excluding carboxylic acids is 1. The van der Waals surface area contributed by atoms with Gasteiger partial charge in [-0.25, -0.2) is 4.79 Å². The second-order valence-electron chi connectivity index (χ2n) is 7.28. The SMILES string of the molecule is CCCCCCCCC[C@@H](O)C[C@H](O)C[C@H](O)C[C@@H]1CC=CC(=O)O1. The molecule has 1 heterocycles. The number of aliphatic hydroxyl groups is 3. The van der Waals surface area contributed by atoms with Crippen LogP contribution in [-0.4, -0.2) is 45.7 Å². The number of aliphatic hydroxyl groups excluding tert-OH is 3. The van der Waals surface area contributed by atoms with E-state index in [-0.39, 0.29) is 24.9 Å². The smallest absolute Gasteiger partial charge is 0.330 e. The van der Waals surface area contributed by atoms with Crippen LogP contribution in [0.2, 0.25) is 0 Å². The lowest BCUT2D eigenvalue weighted by Crippen LogP contribution is -2.28. The van der Waals surface area contributed by atoms with Crippen molar-refractivity contribution in [3.8, 4) is 0 Å². The van der Waals surface area contributed by atoms with Crippen molar-refractivity contribution >= 4 is 5.97 Å². The Morgan fingerprint density at radius 1 is 1.00 bits per heavy atom. The second-order valence-corrected chi connectivity index (χ2v) is 7.28. The number of cyclic esters (lactones) is 1. The highest BCUT2D eigenvalue weighted by Gasteiger charge is 2.22. The van der Waals surface area contributed by atoms with Crippen molar-refractivity contribution in [3.05, 3.63) is 12.2 Å². The van der Waals surface area contributed by atoms with Crippen molar-refractivity contribution in [1.29, 1.82) is 0 Å². The van der Waals surface area contributed by atoms with E-state index in [9.17, 15) is 20.1 Å². The minimum Gasteiger partial charge on any atom is -0.459 e. The molecule has 0 aromatic heterocycles. The van der Waals surface area contributed by atoms with Gasteiger partial charge in [-0.2, -0.15) is 0 Å². The topological polar surface area (TPSA) is 87.0 Å². The quantitative estimate of drug-likeness (QED) is 0.328. The summed E-state index contributed by atoms with van der Waals surface area (Å²) in [6.45, 7) is 2.21. The summed E-state index contributed by atoms with van der Waals surface area (Å²) in [5.41, 5.74) is 0. The standard InChI is InChI=1S/C20H36O5/c1-2-3-4-5-6-7-8-10-16(21)13-17(22)14-18(23)15-19-11-9-12-20(24)25-19/h9,12,16-19,21-23H,2-8,10-11,13-15H2,1H3/t16-,17+,18+,19+/m1/s1. The lowest BCUT2D eigenvalue weighted by molar-refractivity contribution is -0.145. The lowest BCUT2D eigenvalue weighted by Gasteiger charge is -2.23. The maximum atomic E-state index is 11.1. The van der Waals surface area contributed by atoms with E-state index in [2.05, 4.69) is 6.92 Å². The molecule has 1 aliphatic rings. The van der Waals surface area contributed by atoms with Crippen molar-refractivity contribution < 1.29 is 24.9 Å². The van der Waals surface area contributed by atoms with Gasteiger partial charge in [0.15, 0.2) is 0 Å². The molecular weight excluding hydrogens is 320 g/mol. The summed E-state index contributed by atoms with van der Waals surface area (Å²) >= 11 is 0. The summed E-state index contributed by atoms with van der Waals surface area (Å²) < 4.78 is 5.10. The Labute approximate surface area is 152 Å². The van der Waals surface area contributed by atoms with E-state index in [0.29, 0.717) is 19.3 Å². The highest BCUT2D eigenvalue weighted by molar-refractivity contribution is 5.82. The molecule has 0 saturated carbocycles. The van der Waals surface area contributed by atoms with E-state index in [1.54, 1.807) is 6.08 Å². The predicted molar refractivity (Wildman–Crippen MR) is 98.1 cm³/mol. The number of carbonyl (C=O) groups is 1. The monoisotopic (exact) mass is 356 g/mol. The summed E-state index contributed by atoms with van der Waals surface area (Å²) in [6, 6.07) is 0. The number of unbranched alkanes of at least 4 members (excludes halogenated alkanes) is 6. The highest BCUT2D eigenvalue weighted by Crippen LogP contribution is 2.18. The first kappa shape index (κ1) is 22.1. The molecule has 5 nitrogen and oxygen atoms in total. The Morgan fingerprint density at radius 2 is 1.64 bits per heavy atom. The fourth-order valence-corrected chi connectivity index (χ4v) is 3.29. The number of rotatable bonds is 14. The number of esters is 1. The van der Waals surface area contributed by atoms with Crippen LogP contribution in [-0.2, 0) is 9.53 Å². The van der Waals surface area contributed by atoms with E-state index in [1.165, 1.54) is 38.2 Å². The van der Waals surface area contributed by atoms with E-state index in [1.807, 2.05) is 0 Å².